The number of aromatic nitrogens is 3. The highest BCUT2D eigenvalue weighted by Gasteiger charge is 2.23. The topological polar surface area (TPSA) is 102 Å². The maximum absolute atomic E-state index is 12.7. The van der Waals surface area contributed by atoms with Crippen LogP contribution in [0.4, 0.5) is 5.69 Å². The Morgan fingerprint density at radius 1 is 1.00 bits per heavy atom. The van der Waals surface area contributed by atoms with Gasteiger partial charge in [-0.2, -0.15) is 0 Å². The van der Waals surface area contributed by atoms with Crippen molar-refractivity contribution in [3.05, 3.63) is 69.0 Å². The van der Waals surface area contributed by atoms with Crippen molar-refractivity contribution in [2.75, 3.05) is 31.1 Å². The number of nitrogens with zero attached hydrogens (tertiary/aromatic N) is 3. The Morgan fingerprint density at radius 3 is 2.46 bits per heavy atom. The molecule has 2 N–H and O–H groups in total. The van der Waals surface area contributed by atoms with E-state index < -0.39 is 11.2 Å². The second-order valence-electron chi connectivity index (χ2n) is 6.14. The first-order valence-corrected chi connectivity index (χ1v) is 8.33. The maximum Gasteiger partial charge on any atom is 0.327 e. The molecule has 1 fully saturated rings. The lowest BCUT2D eigenvalue weighted by Crippen LogP contribution is -2.48. The van der Waals surface area contributed by atoms with E-state index in [9.17, 15) is 14.4 Å². The molecule has 0 spiro atoms. The summed E-state index contributed by atoms with van der Waals surface area (Å²) in [5.41, 5.74) is 0.473. The molecule has 2 aromatic heterocycles. The number of rotatable bonds is 2. The van der Waals surface area contributed by atoms with Crippen molar-refractivity contribution in [3.8, 4) is 0 Å². The third kappa shape index (κ3) is 2.97. The Kier molecular flexibility index (Phi) is 4.00. The first kappa shape index (κ1) is 16.1. The third-order valence-corrected chi connectivity index (χ3v) is 4.53. The minimum atomic E-state index is -0.619. The van der Waals surface area contributed by atoms with Crippen LogP contribution in [0.2, 0.25) is 0 Å². The number of amides is 1. The maximum atomic E-state index is 12.7. The van der Waals surface area contributed by atoms with Crippen LogP contribution in [0.3, 0.4) is 0 Å². The number of aromatic amines is 2. The molecule has 1 aliphatic heterocycles. The fraction of sp³-hybridized carbons (Fsp3) is 0.222. The highest BCUT2D eigenvalue weighted by atomic mass is 16.2. The van der Waals surface area contributed by atoms with Crippen LogP contribution in [0.5, 0.6) is 0 Å². The summed E-state index contributed by atoms with van der Waals surface area (Å²) in [5.74, 6) is -0.169. The van der Waals surface area contributed by atoms with Crippen LogP contribution in [0, 0.1) is 0 Å². The molecule has 1 amide bonds. The van der Waals surface area contributed by atoms with Gasteiger partial charge in [0.1, 0.15) is 5.65 Å². The Hall–Kier alpha value is -3.42. The van der Waals surface area contributed by atoms with Gasteiger partial charge in [0.15, 0.2) is 0 Å². The van der Waals surface area contributed by atoms with Crippen molar-refractivity contribution < 1.29 is 4.79 Å². The Labute approximate surface area is 148 Å². The Bertz CT molecular complexity index is 1070. The number of benzene rings is 1. The van der Waals surface area contributed by atoms with Gasteiger partial charge < -0.3 is 9.80 Å². The number of hydrogen-bond acceptors (Lipinski definition) is 5. The van der Waals surface area contributed by atoms with Gasteiger partial charge in [0, 0.05) is 38.1 Å². The van der Waals surface area contributed by atoms with Gasteiger partial charge in [0.25, 0.3) is 11.5 Å². The van der Waals surface area contributed by atoms with E-state index in [2.05, 4.69) is 32.0 Å². The van der Waals surface area contributed by atoms with Gasteiger partial charge in [-0.05, 0) is 18.2 Å². The zero-order valence-electron chi connectivity index (χ0n) is 13.9. The third-order valence-electron chi connectivity index (χ3n) is 4.53. The highest BCUT2D eigenvalue weighted by Crippen LogP contribution is 2.17. The van der Waals surface area contributed by atoms with E-state index in [1.807, 2.05) is 18.2 Å². The Morgan fingerprint density at radius 2 is 1.73 bits per heavy atom. The normalized spacial score (nSPS) is 14.6. The lowest BCUT2D eigenvalue weighted by Gasteiger charge is -2.36. The molecule has 3 heterocycles. The molecule has 8 heteroatoms. The van der Waals surface area contributed by atoms with E-state index in [1.54, 1.807) is 4.90 Å². The number of fused-ring (bicyclic) bond motifs is 1. The van der Waals surface area contributed by atoms with Crippen LogP contribution < -0.4 is 16.1 Å². The molecule has 0 aliphatic carbocycles. The minimum Gasteiger partial charge on any atom is -0.368 e. The number of nitrogens with one attached hydrogen (secondary N) is 2. The monoisotopic (exact) mass is 351 g/mol. The zero-order valence-corrected chi connectivity index (χ0v) is 13.9. The van der Waals surface area contributed by atoms with Crippen molar-refractivity contribution in [2.24, 2.45) is 0 Å². The minimum absolute atomic E-state index is 0.169. The largest absolute Gasteiger partial charge is 0.368 e. The molecule has 1 saturated heterocycles. The van der Waals surface area contributed by atoms with Crippen molar-refractivity contribution in [1.29, 1.82) is 0 Å². The molecule has 0 bridgehead atoms. The van der Waals surface area contributed by atoms with Crippen molar-refractivity contribution in [3.63, 3.8) is 0 Å². The van der Waals surface area contributed by atoms with Crippen molar-refractivity contribution in [2.45, 2.75) is 0 Å². The number of H-pyrrole nitrogens is 2. The summed E-state index contributed by atoms with van der Waals surface area (Å²) in [7, 11) is 0. The first-order chi connectivity index (χ1) is 12.6. The number of carbonyl (C=O) groups excluding carboxylic acids is 1. The number of piperazine rings is 1. The van der Waals surface area contributed by atoms with E-state index in [0.29, 0.717) is 18.7 Å². The van der Waals surface area contributed by atoms with E-state index in [1.165, 1.54) is 12.3 Å². The average molecular weight is 351 g/mol. The van der Waals surface area contributed by atoms with Crippen LogP contribution in [0.1, 0.15) is 10.4 Å². The average Bonchev–Trinajstić information content (AvgIpc) is 2.68. The molecule has 0 unspecified atom stereocenters. The van der Waals surface area contributed by atoms with Gasteiger partial charge in [0.2, 0.25) is 0 Å². The van der Waals surface area contributed by atoms with Crippen molar-refractivity contribution in [1.82, 2.24) is 19.9 Å². The molecule has 3 aromatic rings. The van der Waals surface area contributed by atoms with E-state index in [0.717, 1.165) is 18.8 Å². The molecule has 0 saturated carbocycles. The van der Waals surface area contributed by atoms with Crippen LogP contribution in [0.25, 0.3) is 11.0 Å². The van der Waals surface area contributed by atoms with Gasteiger partial charge in [-0.3, -0.25) is 19.6 Å². The molecule has 1 aliphatic rings. The predicted molar refractivity (Wildman–Crippen MR) is 97.5 cm³/mol. The molecular formula is C18H17N5O3. The van der Waals surface area contributed by atoms with Crippen LogP contribution in [-0.4, -0.2) is 51.9 Å². The zero-order chi connectivity index (χ0) is 18.1. The number of anilines is 1. The smallest absolute Gasteiger partial charge is 0.327 e. The highest BCUT2D eigenvalue weighted by molar-refractivity contribution is 5.96. The predicted octanol–water partition coefficient (Wildman–Crippen LogP) is 0.574. The second kappa shape index (κ2) is 6.47. The van der Waals surface area contributed by atoms with Crippen molar-refractivity contribution >= 4 is 22.6 Å². The molecular weight excluding hydrogens is 334 g/mol. The summed E-state index contributed by atoms with van der Waals surface area (Å²) in [6.45, 7) is 2.66. The molecule has 8 nitrogen and oxygen atoms in total. The van der Waals surface area contributed by atoms with Gasteiger partial charge >= 0.3 is 5.69 Å². The SMILES string of the molecule is O=C(c1cnc2[nH]c(=O)[nH]c(=O)c2c1)N1CCN(c2ccccc2)CC1. The fourth-order valence-corrected chi connectivity index (χ4v) is 3.15. The fourth-order valence-electron chi connectivity index (χ4n) is 3.15. The standard InChI is InChI=1S/C18H17N5O3/c24-16-14-10-12(11-19-15(14)20-18(26)21-16)17(25)23-8-6-22(7-9-23)13-4-2-1-3-5-13/h1-5,10-11H,6-9H2,(H2,19,20,21,24,26). The summed E-state index contributed by atoms with van der Waals surface area (Å²) in [5, 5.41) is 0.193. The van der Waals surface area contributed by atoms with Gasteiger partial charge in [0.05, 0.1) is 10.9 Å². The molecule has 4 rings (SSSR count). The number of carbonyl (C=O) groups is 1. The van der Waals surface area contributed by atoms with Crippen LogP contribution in [-0.2, 0) is 0 Å². The van der Waals surface area contributed by atoms with Gasteiger partial charge in [-0.15, -0.1) is 0 Å². The lowest BCUT2D eigenvalue weighted by molar-refractivity contribution is 0.0746. The van der Waals surface area contributed by atoms with Crippen LogP contribution >= 0.6 is 0 Å². The lowest BCUT2D eigenvalue weighted by atomic mass is 10.2. The molecule has 26 heavy (non-hydrogen) atoms. The summed E-state index contributed by atoms with van der Waals surface area (Å²) >= 11 is 0. The van der Waals surface area contributed by atoms with E-state index in [-0.39, 0.29) is 16.9 Å². The summed E-state index contributed by atoms with van der Waals surface area (Å²) < 4.78 is 0. The second-order valence-corrected chi connectivity index (χ2v) is 6.14. The van der Waals surface area contributed by atoms with Crippen LogP contribution in [0.15, 0.2) is 52.2 Å². The first-order valence-electron chi connectivity index (χ1n) is 8.33. The molecule has 0 atom stereocenters. The summed E-state index contributed by atoms with van der Waals surface area (Å²) in [4.78, 5) is 48.6. The molecule has 1 aromatic carbocycles. The van der Waals surface area contributed by atoms with E-state index >= 15 is 0 Å². The summed E-state index contributed by atoms with van der Waals surface area (Å²) in [6, 6.07) is 11.6. The Balaban J connectivity index is 1.53. The van der Waals surface area contributed by atoms with Gasteiger partial charge in [-0.25, -0.2) is 9.78 Å². The quantitative estimate of drug-likeness (QED) is 0.703. The van der Waals surface area contributed by atoms with Gasteiger partial charge in [-0.1, -0.05) is 18.2 Å². The molecule has 132 valence electrons. The number of pyridine rings is 1. The number of hydrogen-bond donors (Lipinski definition) is 2. The van der Waals surface area contributed by atoms with E-state index in [4.69, 9.17) is 0 Å². The summed E-state index contributed by atoms with van der Waals surface area (Å²) in [6.07, 6.45) is 1.39. The number of para-hydroxylation sites is 1. The molecule has 0 radical (unpaired) electrons.